The van der Waals surface area contributed by atoms with Gasteiger partial charge >= 0.3 is 0 Å². The smallest absolute Gasteiger partial charge is 0.262 e. The summed E-state index contributed by atoms with van der Waals surface area (Å²) >= 11 is 0. The maximum absolute atomic E-state index is 13.4. The molecular weight excluding hydrogens is 410 g/mol. The van der Waals surface area contributed by atoms with Crippen LogP contribution in [-0.2, 0) is 21.7 Å². The van der Waals surface area contributed by atoms with Gasteiger partial charge in [-0.1, -0.05) is 30.3 Å². The fraction of sp³-hybridized carbons (Fsp3) is 0.304. The first-order chi connectivity index (χ1) is 15.4. The van der Waals surface area contributed by atoms with Crippen molar-refractivity contribution in [2.24, 2.45) is 0 Å². The van der Waals surface area contributed by atoms with Crippen LogP contribution in [0, 0.1) is 0 Å². The molecule has 2 aromatic carbocycles. The van der Waals surface area contributed by atoms with Crippen LogP contribution in [0.3, 0.4) is 0 Å². The molecule has 1 saturated heterocycles. The average Bonchev–Trinajstić information content (AvgIpc) is 3.22. The Morgan fingerprint density at radius 1 is 1.12 bits per heavy atom. The van der Waals surface area contributed by atoms with E-state index in [2.05, 4.69) is 15.6 Å². The van der Waals surface area contributed by atoms with E-state index in [0.29, 0.717) is 28.0 Å². The summed E-state index contributed by atoms with van der Waals surface area (Å²) in [5.74, 6) is -0.0658. The summed E-state index contributed by atoms with van der Waals surface area (Å²) < 4.78 is 1.39. The molecule has 1 aromatic heterocycles. The molecule has 9 nitrogen and oxygen atoms in total. The van der Waals surface area contributed by atoms with E-state index < -0.39 is 23.9 Å². The van der Waals surface area contributed by atoms with Crippen molar-refractivity contribution in [2.75, 3.05) is 4.90 Å². The summed E-state index contributed by atoms with van der Waals surface area (Å²) in [5.41, 5.74) is -0.159. The van der Waals surface area contributed by atoms with E-state index in [1.54, 1.807) is 60.4 Å². The number of benzene rings is 2. The summed E-state index contributed by atoms with van der Waals surface area (Å²) in [5, 5.41) is 18.4. The molecule has 0 saturated carbocycles. The van der Waals surface area contributed by atoms with Crippen LogP contribution in [0.2, 0.25) is 0 Å². The van der Waals surface area contributed by atoms with Gasteiger partial charge in [0.1, 0.15) is 23.6 Å². The first-order valence-electron chi connectivity index (χ1n) is 10.6. The van der Waals surface area contributed by atoms with Crippen molar-refractivity contribution in [3.8, 4) is 0 Å². The minimum absolute atomic E-state index is 0.0864. The molecule has 32 heavy (non-hydrogen) atoms. The molecule has 1 fully saturated rings. The highest BCUT2D eigenvalue weighted by Crippen LogP contribution is 2.49. The summed E-state index contributed by atoms with van der Waals surface area (Å²) in [6, 6.07) is 12.7. The minimum atomic E-state index is -1.57. The lowest BCUT2D eigenvalue weighted by molar-refractivity contribution is -0.128. The number of nitrogens with one attached hydrogen (secondary N) is 2. The van der Waals surface area contributed by atoms with Crippen molar-refractivity contribution < 1.29 is 14.7 Å². The standard InChI is InChI=1S/C23H21N5O4/c1-12-20(30)28-16-9-5-3-7-14(16)23(32,22(28)25-12)10-17-19(29)24-11-18-26-15-8-4-2-6-13(15)21(31)27(17)18/h2-9,12,17,22,25,32H,10-11H2,1H3,(H,24,29)/t12-,17-,22+,23-/m0/s1. The summed E-state index contributed by atoms with van der Waals surface area (Å²) in [6.07, 6.45) is -0.818. The number of aliphatic hydroxyl groups is 1. The normalized spacial score (nSPS) is 28.4. The number of amides is 2. The molecule has 0 aliphatic carbocycles. The van der Waals surface area contributed by atoms with Crippen LogP contribution in [0.4, 0.5) is 5.69 Å². The number of hydrogen-bond donors (Lipinski definition) is 3. The number of hydrogen-bond acceptors (Lipinski definition) is 6. The van der Waals surface area contributed by atoms with E-state index in [0.717, 1.165) is 0 Å². The van der Waals surface area contributed by atoms with Crippen molar-refractivity contribution in [2.45, 2.75) is 43.7 Å². The Hall–Kier alpha value is -3.56. The maximum Gasteiger partial charge on any atom is 0.262 e. The molecular formula is C23H21N5O4. The molecule has 4 atom stereocenters. The van der Waals surface area contributed by atoms with Crippen LogP contribution in [0.25, 0.3) is 10.9 Å². The number of para-hydroxylation sites is 2. The second-order valence-corrected chi connectivity index (χ2v) is 8.60. The summed E-state index contributed by atoms with van der Waals surface area (Å²) in [4.78, 5) is 45.3. The van der Waals surface area contributed by atoms with Gasteiger partial charge in [-0.3, -0.25) is 29.2 Å². The molecule has 162 valence electrons. The fourth-order valence-corrected chi connectivity index (χ4v) is 5.26. The maximum atomic E-state index is 13.4. The molecule has 0 spiro atoms. The van der Waals surface area contributed by atoms with Gasteiger partial charge in [-0.2, -0.15) is 0 Å². The molecule has 3 aliphatic heterocycles. The Morgan fingerprint density at radius 3 is 2.72 bits per heavy atom. The number of carbonyl (C=O) groups is 2. The van der Waals surface area contributed by atoms with E-state index in [4.69, 9.17) is 0 Å². The van der Waals surface area contributed by atoms with Gasteiger partial charge in [-0.25, -0.2) is 4.98 Å². The average molecular weight is 431 g/mol. The lowest BCUT2D eigenvalue weighted by Gasteiger charge is -2.36. The van der Waals surface area contributed by atoms with E-state index in [1.807, 2.05) is 0 Å². The van der Waals surface area contributed by atoms with Crippen molar-refractivity contribution in [3.05, 3.63) is 70.3 Å². The van der Waals surface area contributed by atoms with Crippen LogP contribution >= 0.6 is 0 Å². The molecule has 2 amide bonds. The van der Waals surface area contributed by atoms with Crippen LogP contribution in [0.1, 0.15) is 30.8 Å². The lowest BCUT2D eigenvalue weighted by atomic mass is 9.85. The second kappa shape index (κ2) is 6.47. The molecule has 0 unspecified atom stereocenters. The van der Waals surface area contributed by atoms with E-state index >= 15 is 0 Å². The zero-order valence-electron chi connectivity index (χ0n) is 17.3. The highest BCUT2D eigenvalue weighted by Gasteiger charge is 2.58. The number of carbonyl (C=O) groups excluding carboxylic acids is 2. The zero-order valence-corrected chi connectivity index (χ0v) is 17.3. The number of nitrogens with zero attached hydrogens (tertiary/aromatic N) is 3. The van der Waals surface area contributed by atoms with Crippen molar-refractivity contribution in [1.29, 1.82) is 0 Å². The van der Waals surface area contributed by atoms with Gasteiger partial charge in [-0.05, 0) is 25.1 Å². The third-order valence-corrected chi connectivity index (χ3v) is 6.78. The Labute approximate surface area is 182 Å². The third kappa shape index (κ3) is 2.40. The Bertz CT molecular complexity index is 1370. The predicted molar refractivity (Wildman–Crippen MR) is 116 cm³/mol. The highest BCUT2D eigenvalue weighted by molar-refractivity contribution is 6.02. The first-order valence-corrected chi connectivity index (χ1v) is 10.6. The summed E-state index contributed by atoms with van der Waals surface area (Å²) in [6.45, 7) is 1.88. The van der Waals surface area contributed by atoms with Crippen LogP contribution < -0.4 is 21.1 Å². The van der Waals surface area contributed by atoms with E-state index in [-0.39, 0.29) is 30.3 Å². The van der Waals surface area contributed by atoms with Crippen LogP contribution in [-0.4, -0.2) is 38.7 Å². The predicted octanol–water partition coefficient (Wildman–Crippen LogP) is 0.510. The van der Waals surface area contributed by atoms with Gasteiger partial charge in [0.15, 0.2) is 0 Å². The van der Waals surface area contributed by atoms with Gasteiger partial charge in [0.05, 0.1) is 29.2 Å². The molecule has 0 radical (unpaired) electrons. The lowest BCUT2D eigenvalue weighted by Crippen LogP contribution is -2.53. The molecule has 4 heterocycles. The van der Waals surface area contributed by atoms with E-state index in [1.165, 1.54) is 4.57 Å². The molecule has 3 aromatic rings. The second-order valence-electron chi connectivity index (χ2n) is 8.60. The highest BCUT2D eigenvalue weighted by atomic mass is 16.3. The van der Waals surface area contributed by atoms with Crippen molar-refractivity contribution >= 4 is 28.4 Å². The van der Waals surface area contributed by atoms with Gasteiger partial charge in [0.2, 0.25) is 11.8 Å². The number of rotatable bonds is 2. The number of anilines is 1. The third-order valence-electron chi connectivity index (χ3n) is 6.78. The topological polar surface area (TPSA) is 117 Å². The number of fused-ring (bicyclic) bond motifs is 5. The van der Waals surface area contributed by atoms with Crippen LogP contribution in [0.15, 0.2) is 53.3 Å². The molecule has 6 rings (SSSR count). The molecule has 0 bridgehead atoms. The van der Waals surface area contributed by atoms with Gasteiger partial charge in [-0.15, -0.1) is 0 Å². The quantitative estimate of drug-likeness (QED) is 0.545. The fourth-order valence-electron chi connectivity index (χ4n) is 5.26. The molecule has 3 N–H and O–H groups in total. The zero-order chi connectivity index (χ0) is 22.2. The molecule has 9 heteroatoms. The Balaban J connectivity index is 1.51. The van der Waals surface area contributed by atoms with Gasteiger partial charge in [0.25, 0.3) is 5.56 Å². The largest absolute Gasteiger partial charge is 0.381 e. The van der Waals surface area contributed by atoms with Gasteiger partial charge in [0, 0.05) is 12.0 Å². The Kier molecular flexibility index (Phi) is 3.87. The van der Waals surface area contributed by atoms with Crippen molar-refractivity contribution in [1.82, 2.24) is 20.2 Å². The Morgan fingerprint density at radius 2 is 1.88 bits per heavy atom. The number of aromatic nitrogens is 2. The minimum Gasteiger partial charge on any atom is -0.381 e. The van der Waals surface area contributed by atoms with Crippen molar-refractivity contribution in [3.63, 3.8) is 0 Å². The summed E-state index contributed by atoms with van der Waals surface area (Å²) in [7, 11) is 0. The van der Waals surface area contributed by atoms with Gasteiger partial charge < -0.3 is 10.4 Å². The SMILES string of the molecule is C[C@@H]1N[C@@H]2N(C1=O)c1ccccc1[C@@]2(O)C[C@H]1C(=O)NCc2nc3ccccc3c(=O)n21. The first kappa shape index (κ1) is 19.1. The van der Waals surface area contributed by atoms with E-state index in [9.17, 15) is 19.5 Å². The monoisotopic (exact) mass is 431 g/mol. The molecule has 3 aliphatic rings. The van der Waals surface area contributed by atoms with Crippen LogP contribution in [0.5, 0.6) is 0 Å².